The molecule has 156 valence electrons. The molecule has 0 saturated carbocycles. The number of carbonyl (C=O) groups is 2. The largest absolute Gasteiger partial charge is 0.444 e. The monoisotopic (exact) mass is 413 g/mol. The van der Waals surface area contributed by atoms with Crippen LogP contribution in [0.2, 0.25) is 0 Å². The van der Waals surface area contributed by atoms with Crippen LogP contribution in [0.15, 0.2) is 6.20 Å². The van der Waals surface area contributed by atoms with E-state index in [1.54, 1.807) is 15.8 Å². The summed E-state index contributed by atoms with van der Waals surface area (Å²) in [6.45, 7) is 8.34. The van der Waals surface area contributed by atoms with Gasteiger partial charge in [0.15, 0.2) is 0 Å². The fourth-order valence-electron chi connectivity index (χ4n) is 3.50. The van der Waals surface area contributed by atoms with Crippen LogP contribution < -0.4 is 9.62 Å². The predicted octanol–water partition coefficient (Wildman–Crippen LogP) is 0.677. The number of hydrogen-bond acceptors (Lipinski definition) is 6. The summed E-state index contributed by atoms with van der Waals surface area (Å²) in [5.74, 6) is -0.181. The summed E-state index contributed by atoms with van der Waals surface area (Å²) >= 11 is 0. The van der Waals surface area contributed by atoms with Crippen LogP contribution in [-0.2, 0) is 32.6 Å². The molecule has 28 heavy (non-hydrogen) atoms. The fraction of sp³-hybridized carbons (Fsp3) is 0.706. The van der Waals surface area contributed by atoms with Crippen molar-refractivity contribution < 1.29 is 22.7 Å². The highest BCUT2D eigenvalue weighted by molar-refractivity contribution is 7.88. The maximum atomic E-state index is 12.6. The Balaban J connectivity index is 1.81. The van der Waals surface area contributed by atoms with Gasteiger partial charge in [0.2, 0.25) is 15.9 Å². The number of ether oxygens (including phenoxy) is 1. The van der Waals surface area contributed by atoms with Gasteiger partial charge in [-0.25, -0.2) is 17.9 Å². The lowest BCUT2D eigenvalue weighted by molar-refractivity contribution is -0.117. The van der Waals surface area contributed by atoms with Crippen LogP contribution in [0.25, 0.3) is 0 Å². The molecule has 2 aliphatic heterocycles. The molecule has 2 amide bonds. The van der Waals surface area contributed by atoms with Crippen LogP contribution in [-0.4, -0.2) is 65.6 Å². The van der Waals surface area contributed by atoms with E-state index in [0.717, 1.165) is 11.9 Å². The number of amides is 2. The fourth-order valence-corrected chi connectivity index (χ4v) is 4.26. The van der Waals surface area contributed by atoms with Gasteiger partial charge in [-0.15, -0.1) is 0 Å². The summed E-state index contributed by atoms with van der Waals surface area (Å²) in [5.41, 5.74) is 0.729. The first-order valence-corrected chi connectivity index (χ1v) is 11.0. The summed E-state index contributed by atoms with van der Waals surface area (Å²) in [4.78, 5) is 28.2. The van der Waals surface area contributed by atoms with E-state index >= 15 is 0 Å². The third kappa shape index (κ3) is 4.46. The van der Waals surface area contributed by atoms with Crippen LogP contribution in [0.1, 0.15) is 39.8 Å². The van der Waals surface area contributed by atoms with Crippen molar-refractivity contribution in [3.63, 3.8) is 0 Å². The Bertz CT molecular complexity index is 888. The number of aromatic nitrogens is 2. The zero-order valence-corrected chi connectivity index (χ0v) is 17.6. The first-order valence-electron chi connectivity index (χ1n) is 9.16. The van der Waals surface area contributed by atoms with Gasteiger partial charge in [-0.2, -0.15) is 5.10 Å². The van der Waals surface area contributed by atoms with Crippen LogP contribution in [0, 0.1) is 0 Å². The highest BCUT2D eigenvalue weighted by Crippen LogP contribution is 2.30. The molecular weight excluding hydrogens is 386 g/mol. The average molecular weight is 414 g/mol. The second-order valence-electron chi connectivity index (χ2n) is 8.41. The van der Waals surface area contributed by atoms with E-state index < -0.39 is 27.8 Å². The number of rotatable bonds is 3. The minimum Gasteiger partial charge on any atom is -0.444 e. The SMILES string of the molecule is C[C@H]1Cn2ncc(N3CC(NS(C)(=O)=O)CC3=O)c2CN1C(=O)OC(C)(C)C. The number of anilines is 1. The highest BCUT2D eigenvalue weighted by Gasteiger charge is 2.38. The zero-order chi connectivity index (χ0) is 20.9. The molecule has 0 spiro atoms. The highest BCUT2D eigenvalue weighted by atomic mass is 32.2. The standard InChI is InChI=1S/C17H27N5O5S/c1-11-8-22-14(10-20(11)16(24)27-17(2,3)4)13(7-18-22)21-9-12(6-15(21)23)19-28(5,25)26/h7,11-12,19H,6,8-10H2,1-5H3/t11-,12?/m0/s1. The van der Waals surface area contributed by atoms with Crippen LogP contribution in [0.4, 0.5) is 10.5 Å². The van der Waals surface area contributed by atoms with E-state index in [1.165, 1.54) is 4.90 Å². The lowest BCUT2D eigenvalue weighted by Gasteiger charge is -2.36. The zero-order valence-electron chi connectivity index (χ0n) is 16.8. The van der Waals surface area contributed by atoms with Gasteiger partial charge < -0.3 is 9.64 Å². The second kappa shape index (κ2) is 7.03. The molecule has 1 saturated heterocycles. The smallest absolute Gasteiger partial charge is 0.410 e. The Morgan fingerprint density at radius 2 is 2.00 bits per heavy atom. The summed E-state index contributed by atoms with van der Waals surface area (Å²) in [5, 5.41) is 4.36. The molecule has 1 fully saturated rings. The quantitative estimate of drug-likeness (QED) is 0.779. The number of nitrogens with one attached hydrogen (secondary N) is 1. The van der Waals surface area contributed by atoms with Crippen molar-refractivity contribution in [1.82, 2.24) is 19.4 Å². The summed E-state index contributed by atoms with van der Waals surface area (Å²) in [6, 6.07) is -0.591. The van der Waals surface area contributed by atoms with Crippen molar-refractivity contribution in [3.8, 4) is 0 Å². The van der Waals surface area contributed by atoms with Gasteiger partial charge in [0.1, 0.15) is 5.60 Å². The summed E-state index contributed by atoms with van der Waals surface area (Å²) in [6.07, 6.45) is 2.34. The van der Waals surface area contributed by atoms with E-state index in [4.69, 9.17) is 4.74 Å². The van der Waals surface area contributed by atoms with Gasteiger partial charge in [-0.05, 0) is 27.7 Å². The molecule has 1 N–H and O–H groups in total. The van der Waals surface area contributed by atoms with Crippen LogP contribution in [0.5, 0.6) is 0 Å². The van der Waals surface area contributed by atoms with Crippen molar-refractivity contribution in [2.75, 3.05) is 17.7 Å². The molecule has 1 unspecified atom stereocenters. The van der Waals surface area contributed by atoms with Gasteiger partial charge in [0.05, 0.1) is 43.0 Å². The number of hydrogen-bond donors (Lipinski definition) is 1. The van der Waals surface area contributed by atoms with Gasteiger partial charge in [0, 0.05) is 19.0 Å². The lowest BCUT2D eigenvalue weighted by atomic mass is 10.2. The number of nitrogens with zero attached hydrogens (tertiary/aromatic N) is 4. The Hall–Kier alpha value is -2.14. The number of carbonyl (C=O) groups excluding carboxylic acids is 2. The maximum Gasteiger partial charge on any atom is 0.410 e. The van der Waals surface area contributed by atoms with Crippen molar-refractivity contribution in [3.05, 3.63) is 11.9 Å². The Morgan fingerprint density at radius 1 is 1.32 bits per heavy atom. The molecule has 1 aromatic heterocycles. The van der Waals surface area contributed by atoms with E-state index in [0.29, 0.717) is 12.2 Å². The molecule has 0 aliphatic carbocycles. The number of fused-ring (bicyclic) bond motifs is 1. The molecule has 2 atom stereocenters. The lowest BCUT2D eigenvalue weighted by Crippen LogP contribution is -2.47. The van der Waals surface area contributed by atoms with Gasteiger partial charge >= 0.3 is 6.09 Å². The Kier molecular flexibility index (Phi) is 5.17. The molecule has 1 aromatic rings. The van der Waals surface area contributed by atoms with Crippen LogP contribution >= 0.6 is 0 Å². The Morgan fingerprint density at radius 3 is 2.61 bits per heavy atom. The van der Waals surface area contributed by atoms with Gasteiger partial charge in [-0.3, -0.25) is 14.4 Å². The number of sulfonamides is 1. The minimum atomic E-state index is -3.40. The molecule has 11 heteroatoms. The third-order valence-electron chi connectivity index (χ3n) is 4.64. The van der Waals surface area contributed by atoms with Crippen molar-refractivity contribution >= 4 is 27.7 Å². The van der Waals surface area contributed by atoms with Crippen molar-refractivity contribution in [2.24, 2.45) is 0 Å². The van der Waals surface area contributed by atoms with Crippen molar-refractivity contribution in [2.45, 2.75) is 64.9 Å². The van der Waals surface area contributed by atoms with E-state index in [1.807, 2.05) is 27.7 Å². The molecule has 3 rings (SSSR count). The predicted molar refractivity (Wildman–Crippen MR) is 102 cm³/mol. The van der Waals surface area contributed by atoms with E-state index in [2.05, 4.69) is 9.82 Å². The van der Waals surface area contributed by atoms with Gasteiger partial charge in [0.25, 0.3) is 0 Å². The Labute approximate surface area is 164 Å². The third-order valence-corrected chi connectivity index (χ3v) is 5.40. The topological polar surface area (TPSA) is 114 Å². The van der Waals surface area contributed by atoms with E-state index in [9.17, 15) is 18.0 Å². The molecule has 3 heterocycles. The molecule has 0 bridgehead atoms. The summed E-state index contributed by atoms with van der Waals surface area (Å²) < 4.78 is 32.7. The maximum absolute atomic E-state index is 12.6. The molecule has 0 aromatic carbocycles. The second-order valence-corrected chi connectivity index (χ2v) is 10.2. The molecule has 10 nitrogen and oxygen atoms in total. The molecular formula is C17H27N5O5S. The molecule has 2 aliphatic rings. The van der Waals surface area contributed by atoms with Gasteiger partial charge in [-0.1, -0.05) is 0 Å². The first-order chi connectivity index (χ1) is 12.8. The summed E-state index contributed by atoms with van der Waals surface area (Å²) in [7, 11) is -3.40. The first kappa shape index (κ1) is 20.6. The van der Waals surface area contributed by atoms with E-state index in [-0.39, 0.29) is 31.5 Å². The average Bonchev–Trinajstić information content (AvgIpc) is 3.05. The van der Waals surface area contributed by atoms with Crippen LogP contribution in [0.3, 0.4) is 0 Å². The minimum absolute atomic E-state index is 0.0872. The normalized spacial score (nSPS) is 23.1. The van der Waals surface area contributed by atoms with Crippen molar-refractivity contribution in [1.29, 1.82) is 0 Å². The molecule has 0 radical (unpaired) electrons.